The largest absolute Gasteiger partial charge is 0.573 e. The van der Waals surface area contributed by atoms with E-state index in [2.05, 4.69) is 9.89 Å². The van der Waals surface area contributed by atoms with Crippen LogP contribution in [0.5, 0.6) is 5.75 Å². The third-order valence-electron chi connectivity index (χ3n) is 2.53. The Kier molecular flexibility index (Phi) is 5.27. The molecule has 0 N–H and O–H groups in total. The summed E-state index contributed by atoms with van der Waals surface area (Å²) in [5.74, 6) is -0.277. The summed E-state index contributed by atoms with van der Waals surface area (Å²) in [6.45, 7) is 0.135. The molecule has 0 aliphatic rings. The maximum atomic E-state index is 12.0. The number of hydrogen-bond donors (Lipinski definition) is 0. The van der Waals surface area contributed by atoms with Gasteiger partial charge >= 0.3 is 6.36 Å². The number of halogens is 4. The molecule has 0 aliphatic carbocycles. The van der Waals surface area contributed by atoms with Crippen LogP contribution in [0.2, 0.25) is 5.02 Å². The highest BCUT2D eigenvalue weighted by Crippen LogP contribution is 2.22. The second-order valence-corrected chi connectivity index (χ2v) is 4.69. The number of oxime groups is 1. The second kappa shape index (κ2) is 7.17. The minimum Gasteiger partial charge on any atom is -0.406 e. The van der Waals surface area contributed by atoms with Crippen molar-refractivity contribution >= 4 is 17.8 Å². The minimum absolute atomic E-state index is 0.135. The molecule has 0 amide bonds. The van der Waals surface area contributed by atoms with Crippen LogP contribution in [-0.4, -0.2) is 12.6 Å². The lowest BCUT2D eigenvalue weighted by Gasteiger charge is -2.08. The molecule has 0 fully saturated rings. The molecular weight excluding hydrogens is 319 g/mol. The van der Waals surface area contributed by atoms with Gasteiger partial charge in [0, 0.05) is 5.02 Å². The first-order chi connectivity index (χ1) is 10.4. The average molecular weight is 330 g/mol. The molecule has 0 spiro atoms. The number of rotatable bonds is 5. The van der Waals surface area contributed by atoms with Gasteiger partial charge in [-0.1, -0.05) is 41.0 Å². The van der Waals surface area contributed by atoms with Crippen molar-refractivity contribution in [3.63, 3.8) is 0 Å². The van der Waals surface area contributed by atoms with E-state index in [0.29, 0.717) is 10.6 Å². The lowest BCUT2D eigenvalue weighted by atomic mass is 10.2. The van der Waals surface area contributed by atoms with Crippen LogP contribution in [0.1, 0.15) is 11.1 Å². The Bertz CT molecular complexity index is 625. The van der Waals surface area contributed by atoms with Crippen LogP contribution < -0.4 is 4.74 Å². The summed E-state index contributed by atoms with van der Waals surface area (Å²) in [6.07, 6.45) is -3.18. The first kappa shape index (κ1) is 16.2. The third-order valence-corrected chi connectivity index (χ3v) is 2.79. The molecule has 0 unspecified atom stereocenters. The fourth-order valence-corrected chi connectivity index (χ4v) is 1.67. The molecule has 22 heavy (non-hydrogen) atoms. The Balaban J connectivity index is 1.83. The zero-order valence-electron chi connectivity index (χ0n) is 11.2. The molecule has 0 saturated carbocycles. The van der Waals surface area contributed by atoms with Crippen molar-refractivity contribution in [1.29, 1.82) is 0 Å². The predicted molar refractivity (Wildman–Crippen MR) is 77.0 cm³/mol. The quantitative estimate of drug-likeness (QED) is 0.583. The Morgan fingerprint density at radius 1 is 1.00 bits per heavy atom. The van der Waals surface area contributed by atoms with Gasteiger partial charge in [0.25, 0.3) is 0 Å². The van der Waals surface area contributed by atoms with Crippen molar-refractivity contribution in [2.24, 2.45) is 5.16 Å². The molecule has 0 bridgehead atoms. The predicted octanol–water partition coefficient (Wildman–Crippen LogP) is 4.79. The molecule has 0 saturated heterocycles. The zero-order valence-corrected chi connectivity index (χ0v) is 11.9. The fraction of sp³-hybridized carbons (Fsp3) is 0.133. The number of benzene rings is 2. The standard InChI is InChI=1S/C15H11ClF3NO2/c16-13-5-1-11(2-6-13)9-20-21-10-12-3-7-14(8-4-12)22-15(17,18)19/h1-9H,10H2. The molecule has 2 rings (SSSR count). The van der Waals surface area contributed by atoms with E-state index < -0.39 is 6.36 Å². The average Bonchev–Trinajstić information content (AvgIpc) is 2.45. The Morgan fingerprint density at radius 3 is 2.23 bits per heavy atom. The Labute approximate surface area is 129 Å². The molecule has 3 nitrogen and oxygen atoms in total. The molecule has 7 heteroatoms. The van der Waals surface area contributed by atoms with Crippen LogP contribution in [0.3, 0.4) is 0 Å². The lowest BCUT2D eigenvalue weighted by Crippen LogP contribution is -2.17. The van der Waals surface area contributed by atoms with Gasteiger partial charge in [0.05, 0.1) is 6.21 Å². The van der Waals surface area contributed by atoms with Gasteiger partial charge in [0.1, 0.15) is 12.4 Å². The fourth-order valence-electron chi connectivity index (χ4n) is 1.55. The Morgan fingerprint density at radius 2 is 1.64 bits per heavy atom. The van der Waals surface area contributed by atoms with Crippen LogP contribution >= 0.6 is 11.6 Å². The van der Waals surface area contributed by atoms with Crippen molar-refractivity contribution in [3.05, 3.63) is 64.7 Å². The first-order valence-electron chi connectivity index (χ1n) is 6.18. The minimum atomic E-state index is -4.69. The van der Waals surface area contributed by atoms with Crippen molar-refractivity contribution in [1.82, 2.24) is 0 Å². The summed E-state index contributed by atoms with van der Waals surface area (Å²) >= 11 is 5.75. The van der Waals surface area contributed by atoms with E-state index in [4.69, 9.17) is 16.4 Å². The van der Waals surface area contributed by atoms with Crippen LogP contribution in [-0.2, 0) is 11.4 Å². The summed E-state index contributed by atoms with van der Waals surface area (Å²) in [5.41, 5.74) is 1.49. The number of hydrogen-bond acceptors (Lipinski definition) is 3. The number of ether oxygens (including phenoxy) is 1. The molecule has 0 radical (unpaired) electrons. The lowest BCUT2D eigenvalue weighted by molar-refractivity contribution is -0.274. The van der Waals surface area contributed by atoms with Crippen molar-refractivity contribution < 1.29 is 22.7 Å². The highest BCUT2D eigenvalue weighted by atomic mass is 35.5. The summed E-state index contributed by atoms with van der Waals surface area (Å²) in [4.78, 5) is 5.07. The molecule has 0 heterocycles. The van der Waals surface area contributed by atoms with Gasteiger partial charge in [-0.3, -0.25) is 0 Å². The molecule has 0 aliphatic heterocycles. The molecule has 0 aromatic heterocycles. The van der Waals surface area contributed by atoms with Crippen molar-refractivity contribution in [2.45, 2.75) is 13.0 Å². The van der Waals surface area contributed by atoms with Gasteiger partial charge in [-0.25, -0.2) is 0 Å². The van der Waals surface area contributed by atoms with Gasteiger partial charge in [-0.05, 0) is 35.4 Å². The van der Waals surface area contributed by atoms with Crippen LogP contribution in [0.15, 0.2) is 53.7 Å². The second-order valence-electron chi connectivity index (χ2n) is 4.25. The SMILES string of the molecule is FC(F)(F)Oc1ccc(CON=Cc2ccc(Cl)cc2)cc1. The molecule has 0 atom stereocenters. The maximum absolute atomic E-state index is 12.0. The summed E-state index contributed by atoms with van der Waals surface area (Å²) in [7, 11) is 0. The molecule has 2 aromatic carbocycles. The van der Waals surface area contributed by atoms with Crippen molar-refractivity contribution in [3.8, 4) is 5.75 Å². The van der Waals surface area contributed by atoms with Crippen LogP contribution in [0.25, 0.3) is 0 Å². The zero-order chi connectivity index (χ0) is 16.0. The van der Waals surface area contributed by atoms with E-state index in [0.717, 1.165) is 5.56 Å². The van der Waals surface area contributed by atoms with Gasteiger partial charge in [0.15, 0.2) is 0 Å². The van der Waals surface area contributed by atoms with E-state index >= 15 is 0 Å². The summed E-state index contributed by atoms with van der Waals surface area (Å²) in [5, 5.41) is 4.39. The maximum Gasteiger partial charge on any atom is 0.573 e. The van der Waals surface area contributed by atoms with E-state index in [1.807, 2.05) is 0 Å². The normalized spacial score (nSPS) is 11.6. The van der Waals surface area contributed by atoms with Crippen LogP contribution in [0, 0.1) is 0 Å². The monoisotopic (exact) mass is 329 g/mol. The van der Waals surface area contributed by atoms with Gasteiger partial charge in [-0.2, -0.15) is 0 Å². The van der Waals surface area contributed by atoms with E-state index in [9.17, 15) is 13.2 Å². The molecular formula is C15H11ClF3NO2. The third kappa shape index (κ3) is 5.65. The molecule has 116 valence electrons. The molecule has 2 aromatic rings. The number of alkyl halides is 3. The van der Waals surface area contributed by atoms with Gasteiger partial charge < -0.3 is 9.57 Å². The topological polar surface area (TPSA) is 30.8 Å². The first-order valence-corrected chi connectivity index (χ1v) is 6.56. The van der Waals surface area contributed by atoms with Gasteiger partial charge in [0.2, 0.25) is 0 Å². The Hall–Kier alpha value is -2.21. The van der Waals surface area contributed by atoms with Gasteiger partial charge in [-0.15, -0.1) is 13.2 Å². The number of nitrogens with zero attached hydrogens (tertiary/aromatic N) is 1. The van der Waals surface area contributed by atoms with E-state index in [-0.39, 0.29) is 12.4 Å². The summed E-state index contributed by atoms with van der Waals surface area (Å²) in [6, 6.07) is 12.4. The highest BCUT2D eigenvalue weighted by molar-refractivity contribution is 6.30. The smallest absolute Gasteiger partial charge is 0.406 e. The van der Waals surface area contributed by atoms with Crippen LogP contribution in [0.4, 0.5) is 13.2 Å². The highest BCUT2D eigenvalue weighted by Gasteiger charge is 2.30. The van der Waals surface area contributed by atoms with E-state index in [1.165, 1.54) is 30.5 Å². The van der Waals surface area contributed by atoms with Crippen molar-refractivity contribution in [2.75, 3.05) is 0 Å². The summed E-state index contributed by atoms with van der Waals surface area (Å²) < 4.78 is 39.8. The van der Waals surface area contributed by atoms with E-state index in [1.54, 1.807) is 24.3 Å².